The molecule has 0 saturated carbocycles. The van der Waals surface area contributed by atoms with Gasteiger partial charge in [-0.15, -0.1) is 0 Å². The second kappa shape index (κ2) is 3.29. The topological polar surface area (TPSA) is 20.7 Å². The highest BCUT2D eigenvalue weighted by molar-refractivity contribution is 7.71. The highest BCUT2D eigenvalue weighted by atomic mass is 32.1. The van der Waals surface area contributed by atoms with Crippen molar-refractivity contribution in [3.05, 3.63) is 16.7 Å². The maximum Gasteiger partial charge on any atom is 0.177 e. The molecule has 1 atom stereocenters. The van der Waals surface area contributed by atoms with Gasteiger partial charge in [0.15, 0.2) is 4.77 Å². The highest BCUT2D eigenvalue weighted by Gasteiger charge is 2.22. The van der Waals surface area contributed by atoms with Gasteiger partial charge in [-0.05, 0) is 31.5 Å². The van der Waals surface area contributed by atoms with Crippen LogP contribution in [0.1, 0.15) is 39.4 Å². The number of imidazole rings is 1. The standard InChI is InChI=1S/C10H18N2S/c1-7-6-11-9(13)12(7)8(2)10(3,4)5/h6,8H,1-5H3,(H,11,13). The summed E-state index contributed by atoms with van der Waals surface area (Å²) in [4.78, 5) is 3.07. The lowest BCUT2D eigenvalue weighted by Crippen LogP contribution is -2.22. The summed E-state index contributed by atoms with van der Waals surface area (Å²) in [5, 5.41) is 0. The predicted octanol–water partition coefficient (Wildman–Crippen LogP) is 3.46. The van der Waals surface area contributed by atoms with Gasteiger partial charge in [-0.2, -0.15) is 0 Å². The van der Waals surface area contributed by atoms with E-state index in [0.717, 1.165) is 4.77 Å². The number of rotatable bonds is 1. The van der Waals surface area contributed by atoms with E-state index in [1.54, 1.807) is 0 Å². The van der Waals surface area contributed by atoms with Gasteiger partial charge >= 0.3 is 0 Å². The summed E-state index contributed by atoms with van der Waals surface area (Å²) < 4.78 is 3.00. The summed E-state index contributed by atoms with van der Waals surface area (Å²) in [6.07, 6.45) is 1.96. The molecule has 74 valence electrons. The van der Waals surface area contributed by atoms with Crippen molar-refractivity contribution >= 4 is 12.2 Å². The maximum absolute atomic E-state index is 5.23. The van der Waals surface area contributed by atoms with Gasteiger partial charge in [0.25, 0.3) is 0 Å². The molecule has 1 heterocycles. The number of H-pyrrole nitrogens is 1. The van der Waals surface area contributed by atoms with Crippen molar-refractivity contribution in [1.82, 2.24) is 9.55 Å². The number of aromatic amines is 1. The van der Waals surface area contributed by atoms with Crippen LogP contribution in [0.4, 0.5) is 0 Å². The zero-order valence-corrected chi connectivity index (χ0v) is 9.83. The first-order valence-electron chi connectivity index (χ1n) is 4.60. The third-order valence-electron chi connectivity index (χ3n) is 2.64. The van der Waals surface area contributed by atoms with Crippen molar-refractivity contribution in [3.63, 3.8) is 0 Å². The Kier molecular flexibility index (Phi) is 2.66. The summed E-state index contributed by atoms with van der Waals surface area (Å²) in [5.41, 5.74) is 1.44. The van der Waals surface area contributed by atoms with Crippen molar-refractivity contribution in [3.8, 4) is 0 Å². The number of nitrogens with one attached hydrogen (secondary N) is 1. The predicted molar refractivity (Wildman–Crippen MR) is 58.5 cm³/mol. The average molecular weight is 198 g/mol. The van der Waals surface area contributed by atoms with Crippen molar-refractivity contribution in [2.24, 2.45) is 5.41 Å². The van der Waals surface area contributed by atoms with Crippen LogP contribution in [0.2, 0.25) is 0 Å². The van der Waals surface area contributed by atoms with E-state index in [4.69, 9.17) is 12.2 Å². The minimum atomic E-state index is 0.241. The van der Waals surface area contributed by atoms with Crippen LogP contribution < -0.4 is 0 Å². The molecule has 0 aliphatic heterocycles. The summed E-state index contributed by atoms with van der Waals surface area (Å²) >= 11 is 5.23. The summed E-state index contributed by atoms with van der Waals surface area (Å²) in [6.45, 7) is 11.0. The van der Waals surface area contributed by atoms with Crippen molar-refractivity contribution in [1.29, 1.82) is 0 Å². The Balaban J connectivity index is 3.16. The molecule has 1 rings (SSSR count). The third-order valence-corrected chi connectivity index (χ3v) is 2.96. The molecule has 0 radical (unpaired) electrons. The lowest BCUT2D eigenvalue weighted by atomic mass is 9.88. The van der Waals surface area contributed by atoms with Crippen LogP contribution >= 0.6 is 12.2 Å². The van der Waals surface area contributed by atoms with Gasteiger partial charge in [0.05, 0.1) is 0 Å². The van der Waals surface area contributed by atoms with Gasteiger partial charge in [0, 0.05) is 17.9 Å². The number of nitrogens with zero attached hydrogens (tertiary/aromatic N) is 1. The Morgan fingerprint density at radius 1 is 1.46 bits per heavy atom. The number of hydrogen-bond acceptors (Lipinski definition) is 1. The van der Waals surface area contributed by atoms with E-state index in [1.165, 1.54) is 5.69 Å². The Hall–Kier alpha value is -0.570. The molecule has 0 aromatic carbocycles. The molecule has 1 aromatic heterocycles. The van der Waals surface area contributed by atoms with Gasteiger partial charge in [-0.3, -0.25) is 0 Å². The van der Waals surface area contributed by atoms with Crippen molar-refractivity contribution in [2.75, 3.05) is 0 Å². The van der Waals surface area contributed by atoms with Crippen LogP contribution in [-0.4, -0.2) is 9.55 Å². The van der Waals surface area contributed by atoms with E-state index >= 15 is 0 Å². The molecule has 0 aliphatic rings. The first-order valence-corrected chi connectivity index (χ1v) is 5.01. The normalized spacial score (nSPS) is 14.5. The van der Waals surface area contributed by atoms with E-state index in [-0.39, 0.29) is 5.41 Å². The first kappa shape index (κ1) is 10.5. The summed E-state index contributed by atoms with van der Waals surface area (Å²) in [5.74, 6) is 0. The second-order valence-corrected chi connectivity index (χ2v) is 5.03. The van der Waals surface area contributed by atoms with Crippen molar-refractivity contribution in [2.45, 2.75) is 40.7 Å². The molecule has 0 amide bonds. The van der Waals surface area contributed by atoms with Gasteiger partial charge in [0.1, 0.15) is 0 Å². The van der Waals surface area contributed by atoms with E-state index in [2.05, 4.69) is 44.2 Å². The molecule has 0 bridgehead atoms. The Morgan fingerprint density at radius 3 is 2.31 bits per heavy atom. The highest BCUT2D eigenvalue weighted by Crippen LogP contribution is 2.30. The fourth-order valence-corrected chi connectivity index (χ4v) is 1.70. The maximum atomic E-state index is 5.23. The number of aryl methyl sites for hydroxylation is 1. The molecule has 0 aliphatic carbocycles. The summed E-state index contributed by atoms with van der Waals surface area (Å²) in [6, 6.07) is 0.422. The second-order valence-electron chi connectivity index (χ2n) is 4.65. The largest absolute Gasteiger partial charge is 0.337 e. The molecule has 0 spiro atoms. The lowest BCUT2D eigenvalue weighted by molar-refractivity contribution is 0.257. The molecular formula is C10H18N2S. The van der Waals surface area contributed by atoms with Crippen molar-refractivity contribution < 1.29 is 0 Å². The van der Waals surface area contributed by atoms with Crippen LogP contribution in [0.25, 0.3) is 0 Å². The molecule has 0 fully saturated rings. The van der Waals surface area contributed by atoms with E-state index in [0.29, 0.717) is 6.04 Å². The molecule has 1 N–H and O–H groups in total. The van der Waals surface area contributed by atoms with Gasteiger partial charge in [0.2, 0.25) is 0 Å². The fraction of sp³-hybridized carbons (Fsp3) is 0.700. The fourth-order valence-electron chi connectivity index (χ4n) is 1.33. The molecule has 1 aromatic rings. The molecule has 0 saturated heterocycles. The minimum absolute atomic E-state index is 0.241. The lowest BCUT2D eigenvalue weighted by Gasteiger charge is -2.29. The molecular weight excluding hydrogens is 180 g/mol. The van der Waals surface area contributed by atoms with Crippen LogP contribution in [0.15, 0.2) is 6.20 Å². The van der Waals surface area contributed by atoms with Crippen LogP contribution in [-0.2, 0) is 0 Å². The number of aromatic nitrogens is 2. The van der Waals surface area contributed by atoms with Crippen LogP contribution in [0.3, 0.4) is 0 Å². The smallest absolute Gasteiger partial charge is 0.177 e. The van der Waals surface area contributed by atoms with Gasteiger partial charge < -0.3 is 9.55 Å². The Bertz CT molecular complexity index is 341. The van der Waals surface area contributed by atoms with Gasteiger partial charge in [-0.25, -0.2) is 0 Å². The van der Waals surface area contributed by atoms with Crippen LogP contribution in [0, 0.1) is 17.1 Å². The van der Waals surface area contributed by atoms with E-state index < -0.39 is 0 Å². The molecule has 1 unspecified atom stereocenters. The Labute approximate surface area is 85.0 Å². The first-order chi connectivity index (χ1) is 5.84. The third kappa shape index (κ3) is 2.02. The summed E-state index contributed by atoms with van der Waals surface area (Å²) in [7, 11) is 0. The Morgan fingerprint density at radius 2 is 2.00 bits per heavy atom. The number of hydrogen-bond donors (Lipinski definition) is 1. The van der Waals surface area contributed by atoms with E-state index in [9.17, 15) is 0 Å². The monoisotopic (exact) mass is 198 g/mol. The van der Waals surface area contributed by atoms with E-state index in [1.807, 2.05) is 6.20 Å². The molecule has 3 heteroatoms. The SMILES string of the molecule is Cc1c[nH]c(=S)n1C(C)C(C)(C)C. The minimum Gasteiger partial charge on any atom is -0.337 e. The zero-order chi connectivity index (χ0) is 10.2. The quantitative estimate of drug-likeness (QED) is 0.685. The van der Waals surface area contributed by atoms with Gasteiger partial charge in [-0.1, -0.05) is 20.8 Å². The average Bonchev–Trinajstić information content (AvgIpc) is 2.28. The van der Waals surface area contributed by atoms with Crippen LogP contribution in [0.5, 0.6) is 0 Å². The zero-order valence-electron chi connectivity index (χ0n) is 9.01. The molecule has 2 nitrogen and oxygen atoms in total. The molecule has 13 heavy (non-hydrogen) atoms.